The molecule has 6 nitrogen and oxygen atoms in total. The zero-order valence-corrected chi connectivity index (χ0v) is 17.5. The first-order valence-corrected chi connectivity index (χ1v) is 9.41. The van der Waals surface area contributed by atoms with E-state index < -0.39 is 5.91 Å². The van der Waals surface area contributed by atoms with Crippen LogP contribution in [0.5, 0.6) is 5.75 Å². The van der Waals surface area contributed by atoms with Crippen molar-refractivity contribution in [2.24, 2.45) is 0 Å². The molecule has 8 heteroatoms. The van der Waals surface area contributed by atoms with Gasteiger partial charge in [-0.15, -0.1) is 0 Å². The summed E-state index contributed by atoms with van der Waals surface area (Å²) in [7, 11) is 0. The standard InChI is InChI=1S/C19H20BrN3O3S/c1-11(2)26-16-8-7-14(20)10-15(16)18(25)21-19(27)23-22-17(24)13-6-4-5-12(3)9-13/h4-11H,1-3H3,(H,22,24)(H2,21,23,25,27). The highest BCUT2D eigenvalue weighted by Crippen LogP contribution is 2.24. The molecule has 0 aliphatic heterocycles. The van der Waals surface area contributed by atoms with Crippen LogP contribution in [0.15, 0.2) is 46.9 Å². The molecule has 2 aromatic rings. The van der Waals surface area contributed by atoms with Gasteiger partial charge in [0.15, 0.2) is 5.11 Å². The van der Waals surface area contributed by atoms with Crippen molar-refractivity contribution in [3.05, 3.63) is 63.6 Å². The number of thiocarbonyl (C=S) groups is 1. The van der Waals surface area contributed by atoms with E-state index in [0.29, 0.717) is 16.9 Å². The van der Waals surface area contributed by atoms with Crippen LogP contribution in [-0.2, 0) is 0 Å². The summed E-state index contributed by atoms with van der Waals surface area (Å²) in [5.41, 5.74) is 6.75. The Morgan fingerprint density at radius 3 is 2.48 bits per heavy atom. The molecular weight excluding hydrogens is 430 g/mol. The highest BCUT2D eigenvalue weighted by Gasteiger charge is 2.16. The lowest BCUT2D eigenvalue weighted by Gasteiger charge is -2.15. The SMILES string of the molecule is Cc1cccc(C(=O)NNC(=S)NC(=O)c2cc(Br)ccc2OC(C)C)c1. The fraction of sp³-hybridized carbons (Fsp3) is 0.211. The summed E-state index contributed by atoms with van der Waals surface area (Å²) >= 11 is 8.42. The summed E-state index contributed by atoms with van der Waals surface area (Å²) in [5, 5.41) is 2.49. The van der Waals surface area contributed by atoms with E-state index in [1.165, 1.54) is 0 Å². The van der Waals surface area contributed by atoms with Crippen molar-refractivity contribution in [2.75, 3.05) is 0 Å². The number of nitrogens with one attached hydrogen (secondary N) is 3. The molecule has 0 aliphatic rings. The van der Waals surface area contributed by atoms with Crippen molar-refractivity contribution in [2.45, 2.75) is 26.9 Å². The maximum Gasteiger partial charge on any atom is 0.269 e. The second-order valence-electron chi connectivity index (χ2n) is 6.04. The van der Waals surface area contributed by atoms with Crippen LogP contribution in [0, 0.1) is 6.92 Å². The average Bonchev–Trinajstić information content (AvgIpc) is 2.60. The van der Waals surface area contributed by atoms with Crippen molar-refractivity contribution in [1.29, 1.82) is 0 Å². The van der Waals surface area contributed by atoms with Crippen LogP contribution in [0.1, 0.15) is 40.1 Å². The molecule has 0 spiro atoms. The molecule has 2 aromatic carbocycles. The first kappa shape index (κ1) is 20.9. The number of aryl methyl sites for hydroxylation is 1. The van der Waals surface area contributed by atoms with Crippen LogP contribution >= 0.6 is 28.1 Å². The number of carbonyl (C=O) groups is 2. The van der Waals surface area contributed by atoms with Crippen molar-refractivity contribution in [1.82, 2.24) is 16.2 Å². The van der Waals surface area contributed by atoms with E-state index in [0.717, 1.165) is 10.0 Å². The van der Waals surface area contributed by atoms with Gasteiger partial charge in [0.2, 0.25) is 0 Å². The van der Waals surface area contributed by atoms with Gasteiger partial charge in [-0.3, -0.25) is 25.8 Å². The molecule has 0 unspecified atom stereocenters. The van der Waals surface area contributed by atoms with Gasteiger partial charge in [0, 0.05) is 10.0 Å². The molecule has 0 fully saturated rings. The number of halogens is 1. The van der Waals surface area contributed by atoms with Gasteiger partial charge in [-0.2, -0.15) is 0 Å². The summed E-state index contributed by atoms with van der Waals surface area (Å²) in [5.74, 6) is -0.367. The van der Waals surface area contributed by atoms with Gasteiger partial charge in [0.25, 0.3) is 11.8 Å². The second-order valence-corrected chi connectivity index (χ2v) is 7.36. The predicted molar refractivity (Wildman–Crippen MR) is 112 cm³/mol. The monoisotopic (exact) mass is 449 g/mol. The molecule has 2 amide bonds. The van der Waals surface area contributed by atoms with Gasteiger partial charge >= 0.3 is 0 Å². The number of carbonyl (C=O) groups excluding carboxylic acids is 2. The minimum Gasteiger partial charge on any atom is -0.490 e. The molecule has 2 rings (SSSR count). The molecular formula is C19H20BrN3O3S. The molecule has 0 bridgehead atoms. The molecule has 3 N–H and O–H groups in total. The van der Waals surface area contributed by atoms with Crippen molar-refractivity contribution < 1.29 is 14.3 Å². The third kappa shape index (κ3) is 6.33. The van der Waals surface area contributed by atoms with E-state index in [2.05, 4.69) is 32.1 Å². The molecule has 0 saturated heterocycles. The molecule has 0 saturated carbocycles. The molecule has 0 radical (unpaired) electrons. The van der Waals surface area contributed by atoms with Gasteiger partial charge < -0.3 is 4.74 Å². The number of rotatable bonds is 4. The van der Waals surface area contributed by atoms with Crippen molar-refractivity contribution in [3.63, 3.8) is 0 Å². The Balaban J connectivity index is 1.98. The number of benzene rings is 2. The topological polar surface area (TPSA) is 79.5 Å². The first-order chi connectivity index (χ1) is 12.8. The van der Waals surface area contributed by atoms with E-state index >= 15 is 0 Å². The number of hydrogen-bond donors (Lipinski definition) is 3. The minimum atomic E-state index is -0.450. The van der Waals surface area contributed by atoms with E-state index in [-0.39, 0.29) is 17.1 Å². The lowest BCUT2D eigenvalue weighted by Crippen LogP contribution is -2.48. The minimum absolute atomic E-state index is 0.0310. The maximum absolute atomic E-state index is 12.5. The third-order valence-corrected chi connectivity index (χ3v) is 4.04. The summed E-state index contributed by atoms with van der Waals surface area (Å²) in [6.45, 7) is 5.64. The summed E-state index contributed by atoms with van der Waals surface area (Å²) in [4.78, 5) is 24.6. The van der Waals surface area contributed by atoms with Crippen molar-refractivity contribution >= 4 is 45.1 Å². The molecule has 0 atom stereocenters. The van der Waals surface area contributed by atoms with E-state index in [4.69, 9.17) is 17.0 Å². The quantitative estimate of drug-likeness (QED) is 0.491. The van der Waals surface area contributed by atoms with E-state index in [9.17, 15) is 9.59 Å². The normalized spacial score (nSPS) is 10.3. The number of hydrogen-bond acceptors (Lipinski definition) is 4. The fourth-order valence-corrected chi connectivity index (χ4v) is 2.71. The van der Waals surface area contributed by atoms with E-state index in [1.807, 2.05) is 26.8 Å². The smallest absolute Gasteiger partial charge is 0.269 e. The molecule has 0 heterocycles. The van der Waals surface area contributed by atoms with E-state index in [1.54, 1.807) is 36.4 Å². The van der Waals surface area contributed by atoms with Crippen LogP contribution in [0.25, 0.3) is 0 Å². The Bertz CT molecular complexity index is 871. The van der Waals surface area contributed by atoms with Gasteiger partial charge in [-0.25, -0.2) is 0 Å². The van der Waals surface area contributed by atoms with Crippen LogP contribution in [0.4, 0.5) is 0 Å². The zero-order chi connectivity index (χ0) is 20.0. The van der Waals surface area contributed by atoms with Gasteiger partial charge in [0.05, 0.1) is 11.7 Å². The number of amides is 2. The van der Waals surface area contributed by atoms with Crippen LogP contribution in [0.2, 0.25) is 0 Å². The largest absolute Gasteiger partial charge is 0.490 e. The third-order valence-electron chi connectivity index (χ3n) is 3.35. The number of hydrazine groups is 1. The van der Waals surface area contributed by atoms with Crippen LogP contribution in [0.3, 0.4) is 0 Å². The summed E-state index contributed by atoms with van der Waals surface area (Å²) in [6.07, 6.45) is -0.0866. The maximum atomic E-state index is 12.5. The highest BCUT2D eigenvalue weighted by molar-refractivity contribution is 9.10. The Labute approximate surface area is 171 Å². The summed E-state index contributed by atoms with van der Waals surface area (Å²) in [6, 6.07) is 12.2. The van der Waals surface area contributed by atoms with Crippen molar-refractivity contribution in [3.8, 4) is 5.75 Å². The molecule has 142 valence electrons. The Kier molecular flexibility index (Phi) is 7.32. The van der Waals surface area contributed by atoms with Crippen LogP contribution in [-0.4, -0.2) is 23.0 Å². The Morgan fingerprint density at radius 1 is 1.07 bits per heavy atom. The van der Waals surface area contributed by atoms with Gasteiger partial charge in [-0.1, -0.05) is 33.6 Å². The molecule has 27 heavy (non-hydrogen) atoms. The fourth-order valence-electron chi connectivity index (χ4n) is 2.21. The number of ether oxygens (including phenoxy) is 1. The predicted octanol–water partition coefficient (Wildman–Crippen LogP) is 3.49. The lowest BCUT2D eigenvalue weighted by molar-refractivity contribution is 0.0933. The molecule has 0 aromatic heterocycles. The van der Waals surface area contributed by atoms with Gasteiger partial charge in [0.1, 0.15) is 5.75 Å². The van der Waals surface area contributed by atoms with Crippen LogP contribution < -0.4 is 20.9 Å². The Morgan fingerprint density at radius 2 is 1.81 bits per heavy atom. The molecule has 0 aliphatic carbocycles. The average molecular weight is 450 g/mol. The first-order valence-electron chi connectivity index (χ1n) is 8.21. The summed E-state index contributed by atoms with van der Waals surface area (Å²) < 4.78 is 6.39. The highest BCUT2D eigenvalue weighted by atomic mass is 79.9. The zero-order valence-electron chi connectivity index (χ0n) is 15.1. The second kappa shape index (κ2) is 9.48. The Hall–Kier alpha value is -2.45. The lowest BCUT2D eigenvalue weighted by atomic mass is 10.1. The van der Waals surface area contributed by atoms with Gasteiger partial charge in [-0.05, 0) is 63.3 Å².